The Morgan fingerprint density at radius 3 is 2.56 bits per heavy atom. The highest BCUT2D eigenvalue weighted by molar-refractivity contribution is 5.81. The largest absolute Gasteiger partial charge is 0.347 e. The van der Waals surface area contributed by atoms with Crippen molar-refractivity contribution >= 4 is 5.91 Å². The minimum atomic E-state index is -0.315. The lowest BCUT2D eigenvalue weighted by molar-refractivity contribution is -0.130. The van der Waals surface area contributed by atoms with E-state index in [1.165, 1.54) is 0 Å². The number of nitrogens with one attached hydrogen (secondary N) is 1. The topological polar surface area (TPSA) is 35.6 Å². The first-order chi connectivity index (χ1) is 8.45. The van der Waals surface area contributed by atoms with Crippen molar-refractivity contribution in [2.45, 2.75) is 44.8 Å². The number of carbonyl (C=O) groups excluding carboxylic acids is 1. The Bertz CT molecular complexity index is 271. The second kappa shape index (κ2) is 7.04. The molecule has 1 aliphatic heterocycles. The van der Waals surface area contributed by atoms with Gasteiger partial charge in [-0.05, 0) is 26.7 Å². The van der Waals surface area contributed by atoms with Crippen LogP contribution in [0.2, 0.25) is 0 Å². The normalized spacial score (nSPS) is 23.9. The molecule has 0 bridgehead atoms. The van der Waals surface area contributed by atoms with Gasteiger partial charge in [0.2, 0.25) is 5.91 Å². The number of alkyl halides is 1. The number of halogens is 1. The molecule has 1 fully saturated rings. The maximum Gasteiger partial charge on any atom is 0.239 e. The molecule has 0 saturated carbocycles. The fourth-order valence-electron chi connectivity index (χ4n) is 2.42. The third-order valence-electron chi connectivity index (χ3n) is 3.54. The molecule has 18 heavy (non-hydrogen) atoms. The number of hydrogen-bond acceptors (Lipinski definition) is 3. The van der Waals surface area contributed by atoms with Crippen molar-refractivity contribution in [3.05, 3.63) is 0 Å². The van der Waals surface area contributed by atoms with Crippen LogP contribution in [0.15, 0.2) is 0 Å². The van der Waals surface area contributed by atoms with Crippen LogP contribution in [0.5, 0.6) is 0 Å². The van der Waals surface area contributed by atoms with E-state index in [2.05, 4.69) is 24.1 Å². The van der Waals surface area contributed by atoms with Gasteiger partial charge in [-0.3, -0.25) is 9.69 Å². The predicted molar refractivity (Wildman–Crippen MR) is 71.3 cm³/mol. The van der Waals surface area contributed by atoms with Crippen LogP contribution in [0.3, 0.4) is 0 Å². The molecule has 0 aromatic heterocycles. The molecule has 2 atom stereocenters. The number of likely N-dealkylation sites (N-methyl/N-ethyl adjacent to an activating group) is 1. The average Bonchev–Trinajstić information content (AvgIpc) is 2.75. The van der Waals surface area contributed by atoms with E-state index in [0.717, 1.165) is 19.4 Å². The molecule has 4 nitrogen and oxygen atoms in total. The second-order valence-electron chi connectivity index (χ2n) is 5.50. The minimum Gasteiger partial charge on any atom is -0.347 e. The Balaban J connectivity index is 2.44. The van der Waals surface area contributed by atoms with Gasteiger partial charge in [-0.25, -0.2) is 4.39 Å². The second-order valence-corrected chi connectivity index (χ2v) is 5.50. The van der Waals surface area contributed by atoms with Gasteiger partial charge in [0.05, 0.1) is 6.04 Å². The van der Waals surface area contributed by atoms with Crippen LogP contribution >= 0.6 is 0 Å². The van der Waals surface area contributed by atoms with E-state index >= 15 is 0 Å². The third kappa shape index (κ3) is 4.21. The summed E-state index contributed by atoms with van der Waals surface area (Å²) < 4.78 is 12.5. The van der Waals surface area contributed by atoms with Gasteiger partial charge in [0.15, 0.2) is 0 Å². The lowest BCUT2D eigenvalue weighted by atomic mass is 10.1. The zero-order valence-corrected chi connectivity index (χ0v) is 11.9. The van der Waals surface area contributed by atoms with Crippen molar-refractivity contribution in [2.75, 3.05) is 33.9 Å². The molecule has 2 unspecified atom stereocenters. The van der Waals surface area contributed by atoms with E-state index in [1.54, 1.807) is 19.0 Å². The van der Waals surface area contributed by atoms with Gasteiger partial charge in [-0.15, -0.1) is 0 Å². The van der Waals surface area contributed by atoms with Gasteiger partial charge in [-0.2, -0.15) is 0 Å². The molecular formula is C13H26FN3O. The number of amides is 1. The first-order valence-corrected chi connectivity index (χ1v) is 6.73. The van der Waals surface area contributed by atoms with Crippen molar-refractivity contribution in [1.82, 2.24) is 15.1 Å². The summed E-state index contributed by atoms with van der Waals surface area (Å²) >= 11 is 0. The van der Waals surface area contributed by atoms with Gasteiger partial charge in [0.25, 0.3) is 0 Å². The lowest BCUT2D eigenvalue weighted by Gasteiger charge is -2.28. The Kier molecular flexibility index (Phi) is 6.02. The molecule has 0 aromatic carbocycles. The SMILES string of the molecule is CC(C)N(CCF)CC1CCC(C(=O)N(C)C)N1. The third-order valence-corrected chi connectivity index (χ3v) is 3.54. The fourth-order valence-corrected chi connectivity index (χ4v) is 2.42. The number of nitrogens with zero attached hydrogens (tertiary/aromatic N) is 2. The Morgan fingerprint density at radius 1 is 1.39 bits per heavy atom. The van der Waals surface area contributed by atoms with E-state index in [1.807, 2.05) is 0 Å². The molecule has 0 aromatic rings. The Labute approximate surface area is 110 Å². The van der Waals surface area contributed by atoms with Crippen molar-refractivity contribution < 1.29 is 9.18 Å². The van der Waals surface area contributed by atoms with Crippen molar-refractivity contribution in [3.63, 3.8) is 0 Å². The summed E-state index contributed by atoms with van der Waals surface area (Å²) in [6.07, 6.45) is 1.86. The minimum absolute atomic E-state index is 0.0654. The first kappa shape index (κ1) is 15.4. The molecule has 1 aliphatic rings. The summed E-state index contributed by atoms with van der Waals surface area (Å²) in [5, 5.41) is 3.36. The number of hydrogen-bond donors (Lipinski definition) is 1. The first-order valence-electron chi connectivity index (χ1n) is 6.73. The van der Waals surface area contributed by atoms with E-state index in [9.17, 15) is 9.18 Å². The van der Waals surface area contributed by atoms with E-state index in [0.29, 0.717) is 18.6 Å². The maximum absolute atomic E-state index is 12.5. The summed E-state index contributed by atoms with van der Waals surface area (Å²) in [5.74, 6) is 0.138. The van der Waals surface area contributed by atoms with Crippen LogP contribution in [0.25, 0.3) is 0 Å². The van der Waals surface area contributed by atoms with Crippen LogP contribution < -0.4 is 5.32 Å². The fraction of sp³-hybridized carbons (Fsp3) is 0.923. The van der Waals surface area contributed by atoms with Crippen LogP contribution in [-0.2, 0) is 4.79 Å². The molecule has 0 spiro atoms. The molecule has 0 aliphatic carbocycles. The molecule has 1 amide bonds. The Morgan fingerprint density at radius 2 is 2.06 bits per heavy atom. The van der Waals surface area contributed by atoms with E-state index in [4.69, 9.17) is 0 Å². The molecule has 0 radical (unpaired) electrons. The van der Waals surface area contributed by atoms with Crippen molar-refractivity contribution in [1.29, 1.82) is 0 Å². The number of carbonyl (C=O) groups is 1. The smallest absolute Gasteiger partial charge is 0.239 e. The molecular weight excluding hydrogens is 233 g/mol. The van der Waals surface area contributed by atoms with Crippen molar-refractivity contribution in [2.24, 2.45) is 0 Å². The van der Waals surface area contributed by atoms with Gasteiger partial charge < -0.3 is 10.2 Å². The molecule has 106 valence electrons. The molecule has 1 saturated heterocycles. The average molecular weight is 259 g/mol. The summed E-state index contributed by atoms with van der Waals surface area (Å²) in [4.78, 5) is 15.6. The molecule has 1 N–H and O–H groups in total. The quantitative estimate of drug-likeness (QED) is 0.769. The molecule has 1 rings (SSSR count). The highest BCUT2D eigenvalue weighted by Gasteiger charge is 2.31. The number of rotatable bonds is 6. The maximum atomic E-state index is 12.5. The van der Waals surface area contributed by atoms with Crippen LogP contribution in [-0.4, -0.2) is 67.7 Å². The summed E-state index contributed by atoms with van der Waals surface area (Å²) in [6, 6.07) is 0.573. The van der Waals surface area contributed by atoms with Gasteiger partial charge >= 0.3 is 0 Å². The zero-order valence-electron chi connectivity index (χ0n) is 11.9. The van der Waals surface area contributed by atoms with Crippen LogP contribution in [0.4, 0.5) is 4.39 Å². The van der Waals surface area contributed by atoms with Crippen LogP contribution in [0.1, 0.15) is 26.7 Å². The summed E-state index contributed by atoms with van der Waals surface area (Å²) in [6.45, 7) is 5.13. The van der Waals surface area contributed by atoms with E-state index < -0.39 is 0 Å². The van der Waals surface area contributed by atoms with Crippen molar-refractivity contribution in [3.8, 4) is 0 Å². The molecule has 5 heteroatoms. The summed E-state index contributed by atoms with van der Waals surface area (Å²) in [5.41, 5.74) is 0. The highest BCUT2D eigenvalue weighted by atomic mass is 19.1. The monoisotopic (exact) mass is 259 g/mol. The van der Waals surface area contributed by atoms with Crippen LogP contribution in [0, 0.1) is 0 Å². The Hall–Kier alpha value is -0.680. The summed E-state index contributed by atoms with van der Waals surface area (Å²) in [7, 11) is 3.56. The van der Waals surface area contributed by atoms with Gasteiger partial charge in [-0.1, -0.05) is 0 Å². The highest BCUT2D eigenvalue weighted by Crippen LogP contribution is 2.15. The predicted octanol–water partition coefficient (Wildman–Crippen LogP) is 0.875. The van der Waals surface area contributed by atoms with Gasteiger partial charge in [0.1, 0.15) is 6.67 Å². The molecule has 1 heterocycles. The van der Waals surface area contributed by atoms with Gasteiger partial charge in [0, 0.05) is 39.3 Å². The standard InChI is InChI=1S/C13H26FN3O/c1-10(2)17(8-7-14)9-11-5-6-12(15-11)13(18)16(3)4/h10-12,15H,5-9H2,1-4H3. The zero-order chi connectivity index (χ0) is 13.7. The van der Waals surface area contributed by atoms with E-state index in [-0.39, 0.29) is 18.6 Å². The lowest BCUT2D eigenvalue weighted by Crippen LogP contribution is -2.47.